The summed E-state index contributed by atoms with van der Waals surface area (Å²) in [7, 11) is 0. The molecule has 5 rings (SSSR count). The Morgan fingerprint density at radius 1 is 1.15 bits per heavy atom. The predicted molar refractivity (Wildman–Crippen MR) is 123 cm³/mol. The maximum Gasteiger partial charge on any atom is 0.276 e. The zero-order chi connectivity index (χ0) is 22.9. The number of anilines is 2. The van der Waals surface area contributed by atoms with E-state index in [4.69, 9.17) is 16.3 Å². The minimum absolute atomic E-state index is 0.0646. The molecule has 1 aliphatic heterocycles. The molecule has 1 saturated heterocycles. The number of nitrogens with one attached hydrogen (secondary N) is 2. The van der Waals surface area contributed by atoms with E-state index in [1.54, 1.807) is 41.4 Å². The zero-order valence-corrected chi connectivity index (χ0v) is 18.1. The second-order valence-corrected chi connectivity index (χ2v) is 7.90. The molecule has 0 aliphatic carbocycles. The van der Waals surface area contributed by atoms with Crippen molar-refractivity contribution in [2.75, 3.05) is 31.6 Å². The Balaban J connectivity index is 1.50. The quantitative estimate of drug-likeness (QED) is 0.477. The second kappa shape index (κ2) is 8.68. The number of hydrogen-bond donors (Lipinski definition) is 2. The van der Waals surface area contributed by atoms with Crippen LogP contribution in [-0.4, -0.2) is 51.5 Å². The number of hydrogen-bond acceptors (Lipinski definition) is 5. The molecule has 0 saturated carbocycles. The van der Waals surface area contributed by atoms with E-state index in [2.05, 4.69) is 15.3 Å². The van der Waals surface area contributed by atoms with Crippen LogP contribution in [0.4, 0.5) is 15.9 Å². The molecule has 0 spiro atoms. The van der Waals surface area contributed by atoms with Gasteiger partial charge < -0.3 is 19.9 Å². The number of carbonyl (C=O) groups excluding carboxylic acids is 1. The van der Waals surface area contributed by atoms with Gasteiger partial charge in [-0.05, 0) is 36.4 Å². The lowest BCUT2D eigenvalue weighted by atomic mass is 10.1. The molecular formula is C23H19ClFN5O3. The van der Waals surface area contributed by atoms with Gasteiger partial charge in [0, 0.05) is 36.7 Å². The van der Waals surface area contributed by atoms with Crippen molar-refractivity contribution in [2.45, 2.75) is 0 Å². The van der Waals surface area contributed by atoms with Gasteiger partial charge in [0.05, 0.1) is 23.8 Å². The number of nitrogens with zero attached hydrogens (tertiary/aromatic N) is 3. The number of carbonyl (C=O) groups is 1. The Morgan fingerprint density at radius 2 is 1.91 bits per heavy atom. The van der Waals surface area contributed by atoms with Crippen molar-refractivity contribution in [3.63, 3.8) is 0 Å². The van der Waals surface area contributed by atoms with Crippen LogP contribution in [0.15, 0.2) is 59.7 Å². The third kappa shape index (κ3) is 3.96. The van der Waals surface area contributed by atoms with Gasteiger partial charge in [-0.2, -0.15) is 0 Å². The molecular weight excluding hydrogens is 449 g/mol. The predicted octanol–water partition coefficient (Wildman–Crippen LogP) is 3.70. The summed E-state index contributed by atoms with van der Waals surface area (Å²) in [6, 6.07) is 11.2. The number of ether oxygens (including phenoxy) is 1. The SMILES string of the molecule is O=C(c1ccc(Nc2nc(-c3c(F)cccc3Cl)n3cc[nH]c(=O)c23)cc1)N1CCOCC1. The first-order valence-electron chi connectivity index (χ1n) is 10.3. The highest BCUT2D eigenvalue weighted by molar-refractivity contribution is 6.33. The lowest BCUT2D eigenvalue weighted by molar-refractivity contribution is 0.0303. The molecule has 1 amide bonds. The summed E-state index contributed by atoms with van der Waals surface area (Å²) in [6.45, 7) is 2.18. The number of rotatable bonds is 4. The smallest absolute Gasteiger partial charge is 0.276 e. The Bertz CT molecular complexity index is 1370. The molecule has 3 heterocycles. The van der Waals surface area contributed by atoms with Gasteiger partial charge in [-0.3, -0.25) is 14.0 Å². The van der Waals surface area contributed by atoms with Crippen LogP contribution < -0.4 is 10.9 Å². The highest BCUT2D eigenvalue weighted by atomic mass is 35.5. The lowest BCUT2D eigenvalue weighted by Gasteiger charge is -2.26. The number of fused-ring (bicyclic) bond motifs is 1. The van der Waals surface area contributed by atoms with Crippen molar-refractivity contribution >= 4 is 34.5 Å². The fourth-order valence-electron chi connectivity index (χ4n) is 3.81. The summed E-state index contributed by atoms with van der Waals surface area (Å²) < 4.78 is 21.4. The topological polar surface area (TPSA) is 91.7 Å². The first kappa shape index (κ1) is 21.2. The summed E-state index contributed by atoms with van der Waals surface area (Å²) in [5, 5.41) is 3.28. The molecule has 2 aromatic heterocycles. The molecule has 10 heteroatoms. The normalized spacial score (nSPS) is 13.9. The van der Waals surface area contributed by atoms with Crippen LogP contribution in [0.25, 0.3) is 16.9 Å². The maximum atomic E-state index is 14.6. The van der Waals surface area contributed by atoms with Crippen LogP contribution in [0.2, 0.25) is 5.02 Å². The van der Waals surface area contributed by atoms with Crippen LogP contribution in [0.1, 0.15) is 10.4 Å². The van der Waals surface area contributed by atoms with Gasteiger partial charge in [-0.25, -0.2) is 9.37 Å². The molecule has 4 aromatic rings. The van der Waals surface area contributed by atoms with E-state index in [1.807, 2.05) is 0 Å². The van der Waals surface area contributed by atoms with Gasteiger partial charge in [0.25, 0.3) is 11.5 Å². The molecule has 0 unspecified atom stereocenters. The van der Waals surface area contributed by atoms with Gasteiger partial charge in [-0.1, -0.05) is 17.7 Å². The first-order valence-corrected chi connectivity index (χ1v) is 10.7. The van der Waals surface area contributed by atoms with Crippen molar-refractivity contribution in [1.29, 1.82) is 0 Å². The van der Waals surface area contributed by atoms with E-state index in [-0.39, 0.29) is 33.7 Å². The molecule has 1 fully saturated rings. The van der Waals surface area contributed by atoms with E-state index in [0.29, 0.717) is 37.6 Å². The van der Waals surface area contributed by atoms with Crippen molar-refractivity contribution in [2.24, 2.45) is 0 Å². The fourth-order valence-corrected chi connectivity index (χ4v) is 4.05. The molecule has 168 valence electrons. The monoisotopic (exact) mass is 467 g/mol. The van der Waals surface area contributed by atoms with Crippen LogP contribution in [0.3, 0.4) is 0 Å². The largest absolute Gasteiger partial charge is 0.378 e. The van der Waals surface area contributed by atoms with E-state index in [1.165, 1.54) is 22.7 Å². The van der Waals surface area contributed by atoms with Crippen LogP contribution in [0.5, 0.6) is 0 Å². The average Bonchev–Trinajstić information content (AvgIpc) is 3.19. The maximum absolute atomic E-state index is 14.6. The van der Waals surface area contributed by atoms with Gasteiger partial charge in [0.2, 0.25) is 0 Å². The van der Waals surface area contributed by atoms with Crippen LogP contribution in [-0.2, 0) is 4.74 Å². The molecule has 1 aliphatic rings. The highest BCUT2D eigenvalue weighted by Gasteiger charge is 2.21. The van der Waals surface area contributed by atoms with Crippen LogP contribution in [0, 0.1) is 5.82 Å². The average molecular weight is 468 g/mol. The summed E-state index contributed by atoms with van der Waals surface area (Å²) in [5.74, 6) is -0.184. The number of amides is 1. The number of aromatic amines is 1. The molecule has 0 radical (unpaired) electrons. The van der Waals surface area contributed by atoms with Gasteiger partial charge in [0.1, 0.15) is 5.82 Å². The number of imidazole rings is 1. The summed E-state index contributed by atoms with van der Waals surface area (Å²) in [4.78, 5) is 34.1. The molecule has 2 N–H and O–H groups in total. The standard InChI is InChI=1S/C23H19ClFN5O3/c24-16-2-1-3-17(25)18(16)21-28-20(19-22(31)26-8-9-30(19)21)27-15-6-4-14(5-7-15)23(32)29-10-12-33-13-11-29/h1-9,27H,10-13H2,(H,26,31). The third-order valence-electron chi connectivity index (χ3n) is 5.44. The van der Waals surface area contributed by atoms with Gasteiger partial charge >= 0.3 is 0 Å². The molecule has 2 aromatic carbocycles. The second-order valence-electron chi connectivity index (χ2n) is 7.50. The van der Waals surface area contributed by atoms with E-state index >= 15 is 0 Å². The van der Waals surface area contributed by atoms with Crippen molar-refractivity contribution in [1.82, 2.24) is 19.3 Å². The zero-order valence-electron chi connectivity index (χ0n) is 17.3. The molecule has 0 atom stereocenters. The molecule has 0 bridgehead atoms. The first-order chi connectivity index (χ1) is 16.0. The number of halogens is 2. The van der Waals surface area contributed by atoms with E-state index in [0.717, 1.165) is 0 Å². The summed E-state index contributed by atoms with van der Waals surface area (Å²) in [5.41, 5.74) is 1.07. The number of benzene rings is 2. The molecule has 8 nitrogen and oxygen atoms in total. The van der Waals surface area contributed by atoms with Crippen molar-refractivity contribution < 1.29 is 13.9 Å². The summed E-state index contributed by atoms with van der Waals surface area (Å²) in [6.07, 6.45) is 3.03. The van der Waals surface area contributed by atoms with Gasteiger partial charge in [-0.15, -0.1) is 0 Å². The summed E-state index contributed by atoms with van der Waals surface area (Å²) >= 11 is 6.24. The van der Waals surface area contributed by atoms with Crippen LogP contribution >= 0.6 is 11.6 Å². The highest BCUT2D eigenvalue weighted by Crippen LogP contribution is 2.32. The van der Waals surface area contributed by atoms with Crippen molar-refractivity contribution in [3.8, 4) is 11.4 Å². The van der Waals surface area contributed by atoms with E-state index in [9.17, 15) is 14.0 Å². The van der Waals surface area contributed by atoms with Crippen molar-refractivity contribution in [3.05, 3.63) is 81.6 Å². The number of morpholine rings is 1. The third-order valence-corrected chi connectivity index (χ3v) is 5.76. The minimum Gasteiger partial charge on any atom is -0.378 e. The minimum atomic E-state index is -0.549. The molecule has 33 heavy (non-hydrogen) atoms. The van der Waals surface area contributed by atoms with Gasteiger partial charge in [0.15, 0.2) is 17.2 Å². The van der Waals surface area contributed by atoms with E-state index < -0.39 is 11.4 Å². The Morgan fingerprint density at radius 3 is 2.64 bits per heavy atom. The fraction of sp³-hybridized carbons (Fsp3) is 0.174. The Labute approximate surface area is 192 Å². The Hall–Kier alpha value is -3.69. The number of H-pyrrole nitrogens is 1. The lowest BCUT2D eigenvalue weighted by Crippen LogP contribution is -2.40. The number of aromatic nitrogens is 3. The Kier molecular flexibility index (Phi) is 5.57.